The summed E-state index contributed by atoms with van der Waals surface area (Å²) in [6.45, 7) is 0. The highest BCUT2D eigenvalue weighted by Crippen LogP contribution is 2.27. The molecule has 1 unspecified atom stereocenters. The van der Waals surface area contributed by atoms with Crippen LogP contribution >= 0.6 is 0 Å². The Bertz CT molecular complexity index is 1010. The summed E-state index contributed by atoms with van der Waals surface area (Å²) in [5, 5.41) is 3.43. The molecule has 0 amide bonds. The molecule has 0 aliphatic carbocycles. The molecule has 3 rings (SSSR count). The fraction of sp³-hybridized carbons (Fsp3) is 0.200. The molecule has 0 saturated heterocycles. The number of rotatable bonds is 4. The largest absolute Gasteiger partial charge is 0.471 e. The molecule has 1 aromatic carbocycles. The number of alkyl halides is 3. The zero-order valence-electron chi connectivity index (χ0n) is 13.3. The van der Waals surface area contributed by atoms with Crippen LogP contribution in [0.4, 0.5) is 18.9 Å². The molecule has 0 spiro atoms. The molecule has 7 nitrogen and oxygen atoms in total. The second kappa shape index (κ2) is 6.83. The predicted octanol–water partition coefficient (Wildman–Crippen LogP) is 3.26. The summed E-state index contributed by atoms with van der Waals surface area (Å²) in [6, 6.07) is 8.04. The molecule has 2 heterocycles. The van der Waals surface area contributed by atoms with Crippen molar-refractivity contribution >= 4 is 15.4 Å². The Morgan fingerprint density at radius 3 is 2.38 bits per heavy atom. The summed E-state index contributed by atoms with van der Waals surface area (Å²) in [6.07, 6.45) is -0.235. The van der Waals surface area contributed by atoms with E-state index < -0.39 is 21.8 Å². The van der Waals surface area contributed by atoms with E-state index in [9.17, 15) is 17.4 Å². The summed E-state index contributed by atoms with van der Waals surface area (Å²) in [7, 11) is -2.81. The van der Waals surface area contributed by atoms with Crippen LogP contribution in [0.25, 0.3) is 0 Å². The SMILES string of the molecule is CS(=O)(=Nc1ccc(Cc2noc(C(F)(F)F)n2)cc1)c1ncccn1. The molecule has 1 atom stereocenters. The molecule has 3 aromatic rings. The van der Waals surface area contributed by atoms with E-state index >= 15 is 0 Å². The van der Waals surface area contributed by atoms with Gasteiger partial charge in [-0.15, -0.1) is 0 Å². The highest BCUT2D eigenvalue weighted by molar-refractivity contribution is 7.92. The van der Waals surface area contributed by atoms with Crippen molar-refractivity contribution in [2.75, 3.05) is 6.26 Å². The molecule has 0 bridgehead atoms. The maximum absolute atomic E-state index is 12.6. The lowest BCUT2D eigenvalue weighted by atomic mass is 10.1. The quantitative estimate of drug-likeness (QED) is 0.642. The van der Waals surface area contributed by atoms with Gasteiger partial charge in [-0.05, 0) is 23.8 Å². The Kier molecular flexibility index (Phi) is 4.72. The Morgan fingerprint density at radius 1 is 1.15 bits per heavy atom. The lowest BCUT2D eigenvalue weighted by molar-refractivity contribution is -0.159. The van der Waals surface area contributed by atoms with Crippen molar-refractivity contribution in [1.29, 1.82) is 0 Å². The standard InChI is InChI=1S/C15H12F3N5O2S/c1-26(24,14-19-7-2-8-20-14)23-11-5-3-10(4-6-11)9-12-21-13(25-22-12)15(16,17)18/h2-8H,9H2,1H3. The van der Waals surface area contributed by atoms with Gasteiger partial charge >= 0.3 is 12.1 Å². The van der Waals surface area contributed by atoms with E-state index in [4.69, 9.17) is 0 Å². The Balaban J connectivity index is 1.78. The summed E-state index contributed by atoms with van der Waals surface area (Å²) < 4.78 is 58.3. The number of aromatic nitrogens is 4. The van der Waals surface area contributed by atoms with E-state index in [1.807, 2.05) is 0 Å². The van der Waals surface area contributed by atoms with E-state index in [2.05, 4.69) is 29.0 Å². The van der Waals surface area contributed by atoms with Crippen LogP contribution in [0.1, 0.15) is 17.3 Å². The van der Waals surface area contributed by atoms with Gasteiger partial charge in [0.2, 0.25) is 5.16 Å². The van der Waals surface area contributed by atoms with Crippen molar-refractivity contribution in [3.8, 4) is 0 Å². The minimum Gasteiger partial charge on any atom is -0.329 e. The maximum Gasteiger partial charge on any atom is 0.471 e. The van der Waals surface area contributed by atoms with Crippen LogP contribution < -0.4 is 0 Å². The van der Waals surface area contributed by atoms with Gasteiger partial charge < -0.3 is 4.52 Å². The molecular formula is C15H12F3N5O2S. The molecule has 136 valence electrons. The molecule has 2 aromatic heterocycles. The minimum atomic E-state index is -4.67. The summed E-state index contributed by atoms with van der Waals surface area (Å²) in [5.41, 5.74) is 1.08. The number of hydrogen-bond acceptors (Lipinski definition) is 7. The van der Waals surface area contributed by atoms with Crippen LogP contribution in [0.15, 0.2) is 56.8 Å². The minimum absolute atomic E-state index is 0.0587. The third-order valence-electron chi connectivity index (χ3n) is 3.17. The third-order valence-corrected chi connectivity index (χ3v) is 4.62. The molecule has 26 heavy (non-hydrogen) atoms. The van der Waals surface area contributed by atoms with Crippen molar-refractivity contribution < 1.29 is 21.9 Å². The van der Waals surface area contributed by atoms with E-state index in [1.54, 1.807) is 30.3 Å². The fourth-order valence-corrected chi connectivity index (χ4v) is 3.14. The first kappa shape index (κ1) is 18.0. The first-order valence-electron chi connectivity index (χ1n) is 7.22. The second-order valence-corrected chi connectivity index (χ2v) is 7.43. The van der Waals surface area contributed by atoms with Gasteiger partial charge in [-0.3, -0.25) is 0 Å². The third kappa shape index (κ3) is 4.23. The van der Waals surface area contributed by atoms with Crippen LogP contribution in [0.3, 0.4) is 0 Å². The first-order valence-corrected chi connectivity index (χ1v) is 9.14. The zero-order valence-corrected chi connectivity index (χ0v) is 14.2. The first-order chi connectivity index (χ1) is 12.2. The molecule has 0 N–H and O–H groups in total. The topological polar surface area (TPSA) is 94.1 Å². The van der Waals surface area contributed by atoms with Gasteiger partial charge in [0.25, 0.3) is 0 Å². The molecular weight excluding hydrogens is 371 g/mol. The number of halogens is 3. The smallest absolute Gasteiger partial charge is 0.329 e. The Labute approximate surface area is 146 Å². The molecule has 0 aliphatic rings. The van der Waals surface area contributed by atoms with Crippen LogP contribution in [0, 0.1) is 0 Å². The van der Waals surface area contributed by atoms with Crippen molar-refractivity contribution in [2.24, 2.45) is 4.36 Å². The number of nitrogens with zero attached hydrogens (tertiary/aromatic N) is 5. The predicted molar refractivity (Wildman–Crippen MR) is 85.0 cm³/mol. The Morgan fingerprint density at radius 2 is 1.81 bits per heavy atom. The highest BCUT2D eigenvalue weighted by atomic mass is 32.2. The van der Waals surface area contributed by atoms with Gasteiger partial charge in [-0.25, -0.2) is 14.2 Å². The molecule has 0 fully saturated rings. The maximum atomic E-state index is 12.6. The molecule has 11 heteroatoms. The van der Waals surface area contributed by atoms with Gasteiger partial charge in [0.1, 0.15) is 9.73 Å². The summed E-state index contributed by atoms with van der Waals surface area (Å²) in [5.74, 6) is -1.47. The van der Waals surface area contributed by atoms with Crippen LogP contribution in [0.5, 0.6) is 0 Å². The van der Waals surface area contributed by atoms with Gasteiger partial charge in [-0.1, -0.05) is 17.3 Å². The molecule has 0 saturated carbocycles. The fourth-order valence-electron chi connectivity index (χ4n) is 2.02. The van der Waals surface area contributed by atoms with Crippen molar-refractivity contribution in [3.63, 3.8) is 0 Å². The van der Waals surface area contributed by atoms with Gasteiger partial charge in [-0.2, -0.15) is 22.5 Å². The van der Waals surface area contributed by atoms with E-state index in [1.165, 1.54) is 18.6 Å². The van der Waals surface area contributed by atoms with Crippen molar-refractivity contribution in [3.05, 3.63) is 60.0 Å². The lowest BCUT2D eigenvalue weighted by Crippen LogP contribution is -2.05. The van der Waals surface area contributed by atoms with Gasteiger partial charge in [0.15, 0.2) is 5.82 Å². The van der Waals surface area contributed by atoms with Gasteiger partial charge in [0.05, 0.1) is 5.69 Å². The van der Waals surface area contributed by atoms with Crippen molar-refractivity contribution in [1.82, 2.24) is 20.1 Å². The number of hydrogen-bond donors (Lipinski definition) is 0. The normalized spacial score (nSPS) is 14.0. The average molecular weight is 383 g/mol. The van der Waals surface area contributed by atoms with Gasteiger partial charge in [0, 0.05) is 25.1 Å². The highest BCUT2D eigenvalue weighted by Gasteiger charge is 2.38. The van der Waals surface area contributed by atoms with Crippen LogP contribution in [0.2, 0.25) is 0 Å². The van der Waals surface area contributed by atoms with Crippen LogP contribution in [-0.2, 0) is 22.3 Å². The summed E-state index contributed by atoms with van der Waals surface area (Å²) >= 11 is 0. The molecule has 0 aliphatic heterocycles. The van der Waals surface area contributed by atoms with E-state index in [0.29, 0.717) is 11.3 Å². The van der Waals surface area contributed by atoms with Crippen LogP contribution in [-0.4, -0.2) is 30.6 Å². The monoisotopic (exact) mass is 383 g/mol. The zero-order chi connectivity index (χ0) is 18.8. The summed E-state index contributed by atoms with van der Waals surface area (Å²) in [4.78, 5) is 11.2. The number of benzene rings is 1. The average Bonchev–Trinajstić information content (AvgIpc) is 3.06. The molecule has 0 radical (unpaired) electrons. The lowest BCUT2D eigenvalue weighted by Gasteiger charge is -2.03. The van der Waals surface area contributed by atoms with E-state index in [0.717, 1.165) is 0 Å². The second-order valence-electron chi connectivity index (χ2n) is 5.28. The van der Waals surface area contributed by atoms with Crippen molar-refractivity contribution in [2.45, 2.75) is 17.8 Å². The van der Waals surface area contributed by atoms with E-state index in [-0.39, 0.29) is 17.4 Å². The Hall–Kier alpha value is -2.82.